The fourth-order valence-electron chi connectivity index (χ4n) is 3.62. The first-order chi connectivity index (χ1) is 14.4. The number of hydrogen-bond donors (Lipinski definition) is 1. The van der Waals surface area contributed by atoms with Crippen LogP contribution in [0.1, 0.15) is 60.5 Å². The van der Waals surface area contributed by atoms with Crippen molar-refractivity contribution >= 4 is 5.91 Å². The first kappa shape index (κ1) is 21.6. The lowest BCUT2D eigenvalue weighted by molar-refractivity contribution is -0.127. The predicted molar refractivity (Wildman–Crippen MR) is 123 cm³/mol. The summed E-state index contributed by atoms with van der Waals surface area (Å²) in [4.78, 5) is 13.1. The van der Waals surface area contributed by atoms with Crippen LogP contribution in [0.25, 0.3) is 0 Å². The van der Waals surface area contributed by atoms with E-state index < -0.39 is 6.10 Å². The third kappa shape index (κ3) is 5.10. The first-order valence-corrected chi connectivity index (χ1v) is 10.5. The molecule has 156 valence electrons. The maximum absolute atomic E-state index is 13.1. The Labute approximate surface area is 180 Å². The highest BCUT2D eigenvalue weighted by Gasteiger charge is 2.23. The summed E-state index contributed by atoms with van der Waals surface area (Å²) in [7, 11) is 0. The van der Waals surface area contributed by atoms with Gasteiger partial charge in [0.05, 0.1) is 6.04 Å². The van der Waals surface area contributed by atoms with Gasteiger partial charge in [0.1, 0.15) is 5.75 Å². The molecule has 3 rings (SSSR count). The van der Waals surface area contributed by atoms with E-state index in [0.717, 1.165) is 33.6 Å². The number of hydrogen-bond acceptors (Lipinski definition) is 2. The number of ether oxygens (including phenoxy) is 1. The summed E-state index contributed by atoms with van der Waals surface area (Å²) in [6.45, 7) is 10.2. The number of nitrogens with one attached hydrogen (secondary N) is 1. The van der Waals surface area contributed by atoms with E-state index in [1.165, 1.54) is 0 Å². The van der Waals surface area contributed by atoms with Crippen LogP contribution in [-0.4, -0.2) is 12.0 Å². The topological polar surface area (TPSA) is 38.3 Å². The molecule has 0 aliphatic heterocycles. The smallest absolute Gasteiger partial charge is 0.261 e. The van der Waals surface area contributed by atoms with Gasteiger partial charge in [0, 0.05) is 0 Å². The molecule has 0 heterocycles. The monoisotopic (exact) mass is 401 g/mol. The molecule has 2 atom stereocenters. The van der Waals surface area contributed by atoms with E-state index in [9.17, 15) is 4.79 Å². The van der Waals surface area contributed by atoms with Crippen LogP contribution in [0.2, 0.25) is 0 Å². The predicted octanol–water partition coefficient (Wildman–Crippen LogP) is 6.10. The molecule has 3 nitrogen and oxygen atoms in total. The van der Waals surface area contributed by atoms with Gasteiger partial charge in [-0.25, -0.2) is 0 Å². The summed E-state index contributed by atoms with van der Waals surface area (Å²) in [5.74, 6) is 0.961. The minimum Gasteiger partial charge on any atom is -0.481 e. The zero-order valence-corrected chi connectivity index (χ0v) is 18.5. The lowest BCUT2D eigenvalue weighted by atomic mass is 9.95. The number of benzene rings is 3. The van der Waals surface area contributed by atoms with Gasteiger partial charge in [-0.05, 0) is 60.6 Å². The second kappa shape index (κ2) is 9.62. The molecule has 1 N–H and O–H groups in total. The van der Waals surface area contributed by atoms with Crippen LogP contribution in [0.15, 0.2) is 72.8 Å². The number of rotatable bonds is 7. The van der Waals surface area contributed by atoms with Crippen LogP contribution >= 0.6 is 0 Å². The number of aryl methyl sites for hydroxylation is 2. The van der Waals surface area contributed by atoms with Crippen molar-refractivity contribution in [2.75, 3.05) is 0 Å². The molecule has 0 aliphatic carbocycles. The van der Waals surface area contributed by atoms with Gasteiger partial charge in [-0.3, -0.25) is 4.79 Å². The highest BCUT2D eigenvalue weighted by Crippen LogP contribution is 2.29. The summed E-state index contributed by atoms with van der Waals surface area (Å²) in [5.41, 5.74) is 5.50. The molecule has 0 fully saturated rings. The molecule has 1 amide bonds. The molecule has 0 saturated heterocycles. The Morgan fingerprint density at radius 1 is 0.833 bits per heavy atom. The Morgan fingerprint density at radius 2 is 1.50 bits per heavy atom. The molecule has 0 aliphatic rings. The zero-order chi connectivity index (χ0) is 21.7. The van der Waals surface area contributed by atoms with Crippen LogP contribution < -0.4 is 10.1 Å². The number of amides is 1. The molecule has 0 aromatic heterocycles. The van der Waals surface area contributed by atoms with E-state index in [1.54, 1.807) is 0 Å². The Hall–Kier alpha value is -3.07. The summed E-state index contributed by atoms with van der Waals surface area (Å²) >= 11 is 0. The lowest BCUT2D eigenvalue weighted by Gasteiger charge is -2.25. The van der Waals surface area contributed by atoms with E-state index in [4.69, 9.17) is 4.74 Å². The Morgan fingerprint density at radius 3 is 2.17 bits per heavy atom. The fraction of sp³-hybridized carbons (Fsp3) is 0.296. The minimum absolute atomic E-state index is 0.136. The Balaban J connectivity index is 1.85. The molecule has 30 heavy (non-hydrogen) atoms. The van der Waals surface area contributed by atoms with Gasteiger partial charge in [0.15, 0.2) is 6.10 Å². The van der Waals surface area contributed by atoms with Crippen molar-refractivity contribution in [2.24, 2.45) is 0 Å². The van der Waals surface area contributed by atoms with E-state index in [1.807, 2.05) is 62.4 Å². The summed E-state index contributed by atoms with van der Waals surface area (Å²) in [6, 6.07) is 24.2. The van der Waals surface area contributed by atoms with Crippen molar-refractivity contribution in [3.63, 3.8) is 0 Å². The highest BCUT2D eigenvalue weighted by atomic mass is 16.5. The second-order valence-electron chi connectivity index (χ2n) is 8.16. The van der Waals surface area contributed by atoms with Gasteiger partial charge < -0.3 is 10.1 Å². The van der Waals surface area contributed by atoms with Crippen molar-refractivity contribution in [1.82, 2.24) is 5.32 Å². The van der Waals surface area contributed by atoms with Crippen molar-refractivity contribution in [1.29, 1.82) is 0 Å². The molecule has 0 radical (unpaired) electrons. The molecule has 3 aromatic carbocycles. The average Bonchev–Trinajstić information content (AvgIpc) is 2.73. The number of carbonyl (C=O) groups is 1. The van der Waals surface area contributed by atoms with Crippen molar-refractivity contribution in [2.45, 2.75) is 52.7 Å². The van der Waals surface area contributed by atoms with Crippen LogP contribution in [0, 0.1) is 13.8 Å². The Kier molecular flexibility index (Phi) is 6.94. The third-order valence-corrected chi connectivity index (χ3v) is 5.38. The molecular formula is C27H31NO2. The normalized spacial score (nSPS) is 13.0. The highest BCUT2D eigenvalue weighted by molar-refractivity contribution is 5.81. The van der Waals surface area contributed by atoms with Crippen LogP contribution in [0.3, 0.4) is 0 Å². The van der Waals surface area contributed by atoms with Gasteiger partial charge in [-0.15, -0.1) is 0 Å². The number of carbonyl (C=O) groups excluding carboxylic acids is 1. The van der Waals surface area contributed by atoms with Gasteiger partial charge in [-0.2, -0.15) is 0 Å². The van der Waals surface area contributed by atoms with Gasteiger partial charge in [-0.1, -0.05) is 80.6 Å². The van der Waals surface area contributed by atoms with Crippen LogP contribution in [0.5, 0.6) is 5.75 Å². The molecule has 2 unspecified atom stereocenters. The molecule has 3 aromatic rings. The maximum atomic E-state index is 13.1. The van der Waals surface area contributed by atoms with Crippen molar-refractivity contribution < 1.29 is 9.53 Å². The molecular weight excluding hydrogens is 370 g/mol. The first-order valence-electron chi connectivity index (χ1n) is 10.5. The molecule has 0 spiro atoms. The summed E-state index contributed by atoms with van der Waals surface area (Å²) in [5, 5.41) is 3.21. The fourth-order valence-corrected chi connectivity index (χ4v) is 3.62. The quantitative estimate of drug-likeness (QED) is 0.519. The van der Waals surface area contributed by atoms with E-state index >= 15 is 0 Å². The van der Waals surface area contributed by atoms with Gasteiger partial charge >= 0.3 is 0 Å². The largest absolute Gasteiger partial charge is 0.481 e. The van der Waals surface area contributed by atoms with Gasteiger partial charge in [0.2, 0.25) is 0 Å². The van der Waals surface area contributed by atoms with E-state index in [-0.39, 0.29) is 11.9 Å². The Bertz CT molecular complexity index is 995. The summed E-state index contributed by atoms with van der Waals surface area (Å²) < 4.78 is 6.14. The van der Waals surface area contributed by atoms with E-state index in [2.05, 4.69) is 50.4 Å². The minimum atomic E-state index is -0.612. The maximum Gasteiger partial charge on any atom is 0.261 e. The van der Waals surface area contributed by atoms with Gasteiger partial charge in [0.25, 0.3) is 5.91 Å². The van der Waals surface area contributed by atoms with Crippen LogP contribution in [-0.2, 0) is 4.79 Å². The molecule has 0 saturated carbocycles. The van der Waals surface area contributed by atoms with Crippen LogP contribution in [0.4, 0.5) is 0 Å². The second-order valence-corrected chi connectivity index (χ2v) is 8.16. The standard InChI is InChI=1S/C27H31NO2/c1-18(2)23-16-15-19(3)17-25(23)30-21(5)27(29)28-26(22-12-7-6-8-13-22)24-14-10-9-11-20(24)4/h6-18,21,26H,1-5H3,(H,28,29). The summed E-state index contributed by atoms with van der Waals surface area (Å²) in [6.07, 6.45) is -0.612. The average molecular weight is 402 g/mol. The molecule has 0 bridgehead atoms. The SMILES string of the molecule is Cc1ccc(C(C)C)c(OC(C)C(=O)NC(c2ccccc2)c2ccccc2C)c1. The van der Waals surface area contributed by atoms with Crippen molar-refractivity contribution in [3.05, 3.63) is 101 Å². The lowest BCUT2D eigenvalue weighted by Crippen LogP contribution is -2.39. The van der Waals surface area contributed by atoms with E-state index in [0.29, 0.717) is 5.92 Å². The third-order valence-electron chi connectivity index (χ3n) is 5.38. The molecule has 3 heteroatoms. The zero-order valence-electron chi connectivity index (χ0n) is 18.5. The van der Waals surface area contributed by atoms with Crippen molar-refractivity contribution in [3.8, 4) is 5.75 Å².